The molecule has 0 saturated carbocycles. The summed E-state index contributed by atoms with van der Waals surface area (Å²) in [6.45, 7) is 19.9. The van der Waals surface area contributed by atoms with E-state index in [-0.39, 0.29) is 0 Å². The van der Waals surface area contributed by atoms with Gasteiger partial charge in [-0.2, -0.15) is 5.06 Å². The zero-order chi connectivity index (χ0) is 16.5. The van der Waals surface area contributed by atoms with Crippen LogP contribution in [0, 0.1) is 0 Å². The summed E-state index contributed by atoms with van der Waals surface area (Å²) < 4.78 is 31.3. The lowest BCUT2D eigenvalue weighted by atomic mass is 10.6. The Morgan fingerprint density at radius 1 is 0.667 bits per heavy atom. The van der Waals surface area contributed by atoms with Crippen LogP contribution < -0.4 is 0 Å². The third-order valence-electron chi connectivity index (χ3n) is 2.85. The molecule has 6 nitrogen and oxygen atoms in total. The molecule has 0 amide bonds. The fraction of sp³-hybridized carbons (Fsp3) is 1.00. The van der Waals surface area contributed by atoms with Gasteiger partial charge in [0, 0.05) is 19.6 Å². The highest BCUT2D eigenvalue weighted by Gasteiger charge is 2.55. The maximum atomic E-state index is 6.33. The molecule has 0 bridgehead atoms. The summed E-state index contributed by atoms with van der Waals surface area (Å²) in [5.74, 6) is 0. The average Bonchev–Trinajstić information content (AvgIpc) is 2.18. The lowest BCUT2D eigenvalue weighted by Gasteiger charge is -2.47. The molecule has 21 heavy (non-hydrogen) atoms. The zero-order valence-electron chi connectivity index (χ0n) is 14.9. The van der Waals surface area contributed by atoms with Crippen LogP contribution in [0.5, 0.6) is 0 Å². The Bertz CT molecular complexity index is 341. The monoisotopic (exact) mass is 369 g/mol. The van der Waals surface area contributed by atoms with Gasteiger partial charge in [0.25, 0.3) is 0 Å². The van der Waals surface area contributed by atoms with E-state index in [2.05, 4.69) is 26.9 Å². The number of hydroxylamine groups is 2. The van der Waals surface area contributed by atoms with Gasteiger partial charge in [0.05, 0.1) is 0 Å². The molecule has 0 aromatic rings. The Morgan fingerprint density at radius 3 is 1.33 bits per heavy atom. The molecule has 126 valence electrons. The Balaban J connectivity index is 3.03. The average molecular weight is 370 g/mol. The van der Waals surface area contributed by atoms with Gasteiger partial charge in [0.2, 0.25) is 0 Å². The molecule has 1 saturated heterocycles. The molecule has 0 aromatic heterocycles. The molecule has 0 spiro atoms. The molecular formula is C11H31NO5Si4. The van der Waals surface area contributed by atoms with Crippen LogP contribution in [-0.4, -0.2) is 52.6 Å². The van der Waals surface area contributed by atoms with Crippen molar-refractivity contribution in [3.8, 4) is 0 Å². The SMILES string of the molecule is CCN(CC)O[Si]1(C)O[Si](C)(C)O[Si](C)(C)O[Si](C)(C)O1. The van der Waals surface area contributed by atoms with Crippen LogP contribution in [0.3, 0.4) is 0 Å². The van der Waals surface area contributed by atoms with E-state index in [0.29, 0.717) is 0 Å². The van der Waals surface area contributed by atoms with Crippen molar-refractivity contribution in [2.75, 3.05) is 13.1 Å². The lowest BCUT2D eigenvalue weighted by molar-refractivity contribution is -0.0987. The second kappa shape index (κ2) is 6.63. The van der Waals surface area contributed by atoms with Gasteiger partial charge < -0.3 is 16.5 Å². The van der Waals surface area contributed by atoms with E-state index in [9.17, 15) is 0 Å². The van der Waals surface area contributed by atoms with Gasteiger partial charge in [-0.05, 0) is 39.3 Å². The van der Waals surface area contributed by atoms with Crippen LogP contribution in [0.15, 0.2) is 0 Å². The quantitative estimate of drug-likeness (QED) is 0.561. The molecule has 0 aromatic carbocycles. The molecule has 0 radical (unpaired) electrons. The summed E-state index contributed by atoms with van der Waals surface area (Å²) in [4.78, 5) is 0. The minimum atomic E-state index is -2.84. The Hall–Kier alpha value is 0.628. The maximum Gasteiger partial charge on any atom is 0.496 e. The van der Waals surface area contributed by atoms with Crippen molar-refractivity contribution in [2.24, 2.45) is 0 Å². The Labute approximate surface area is 133 Å². The number of hydrogen-bond donors (Lipinski definition) is 0. The van der Waals surface area contributed by atoms with E-state index in [4.69, 9.17) is 21.0 Å². The van der Waals surface area contributed by atoms with E-state index in [0.717, 1.165) is 13.1 Å². The molecular weight excluding hydrogens is 338 g/mol. The largest absolute Gasteiger partial charge is 0.496 e. The van der Waals surface area contributed by atoms with Crippen molar-refractivity contribution >= 4 is 34.5 Å². The third kappa shape index (κ3) is 6.33. The number of rotatable bonds is 4. The van der Waals surface area contributed by atoms with Crippen LogP contribution in [0.2, 0.25) is 45.8 Å². The van der Waals surface area contributed by atoms with Gasteiger partial charge in [0.15, 0.2) is 0 Å². The van der Waals surface area contributed by atoms with E-state index >= 15 is 0 Å². The van der Waals surface area contributed by atoms with Gasteiger partial charge >= 0.3 is 34.5 Å². The van der Waals surface area contributed by atoms with E-state index < -0.39 is 34.5 Å². The standard InChI is InChI=1S/C11H31NO5Si4/c1-10-12(11-2)13-21(9)16-19(5,6)14-18(3,4)15-20(7,8)17-21/h10-11H2,1-9H3. The summed E-state index contributed by atoms with van der Waals surface area (Å²) in [6.07, 6.45) is 0. The predicted molar refractivity (Wildman–Crippen MR) is 92.4 cm³/mol. The van der Waals surface area contributed by atoms with Crippen LogP contribution in [0.25, 0.3) is 0 Å². The van der Waals surface area contributed by atoms with Crippen LogP contribution >= 0.6 is 0 Å². The van der Waals surface area contributed by atoms with Gasteiger partial charge in [-0.15, -0.1) is 0 Å². The highest BCUT2D eigenvalue weighted by molar-refractivity contribution is 6.91. The van der Waals surface area contributed by atoms with E-state index in [1.807, 2.05) is 37.8 Å². The first-order valence-corrected chi connectivity index (χ1v) is 18.2. The number of nitrogens with zero attached hydrogens (tertiary/aromatic N) is 1. The zero-order valence-corrected chi connectivity index (χ0v) is 18.9. The van der Waals surface area contributed by atoms with Crippen molar-refractivity contribution in [3.63, 3.8) is 0 Å². The maximum absolute atomic E-state index is 6.33. The highest BCUT2D eigenvalue weighted by atomic mass is 28.5. The number of hydrogen-bond acceptors (Lipinski definition) is 6. The first kappa shape index (κ1) is 19.7. The lowest BCUT2D eigenvalue weighted by Crippen LogP contribution is -2.67. The summed E-state index contributed by atoms with van der Waals surface area (Å²) in [5.41, 5.74) is 0. The normalized spacial score (nSPS) is 27.1. The first-order chi connectivity index (χ1) is 9.32. The molecule has 1 aliphatic rings. The summed E-state index contributed by atoms with van der Waals surface area (Å²) in [5, 5.41) is 1.88. The molecule has 1 rings (SSSR count). The Kier molecular flexibility index (Phi) is 6.21. The molecule has 0 aliphatic carbocycles. The predicted octanol–water partition coefficient (Wildman–Crippen LogP) is 3.01. The van der Waals surface area contributed by atoms with Crippen molar-refractivity contribution in [2.45, 2.75) is 59.7 Å². The fourth-order valence-corrected chi connectivity index (χ4v) is 22.6. The van der Waals surface area contributed by atoms with Gasteiger partial charge in [0.1, 0.15) is 0 Å². The van der Waals surface area contributed by atoms with E-state index in [1.54, 1.807) is 0 Å². The van der Waals surface area contributed by atoms with Crippen molar-refractivity contribution < 1.29 is 21.0 Å². The van der Waals surface area contributed by atoms with Crippen LogP contribution in [0.4, 0.5) is 0 Å². The van der Waals surface area contributed by atoms with Crippen molar-refractivity contribution in [3.05, 3.63) is 0 Å². The molecule has 0 atom stereocenters. The summed E-state index contributed by atoms with van der Waals surface area (Å²) in [7, 11) is -9.78. The summed E-state index contributed by atoms with van der Waals surface area (Å²) >= 11 is 0. The molecule has 10 heteroatoms. The van der Waals surface area contributed by atoms with Crippen LogP contribution in [-0.2, 0) is 21.0 Å². The third-order valence-corrected chi connectivity index (χ3v) is 18.2. The van der Waals surface area contributed by atoms with Gasteiger partial charge in [-0.1, -0.05) is 13.8 Å². The molecule has 0 unspecified atom stereocenters. The molecule has 0 N–H and O–H groups in total. The van der Waals surface area contributed by atoms with Gasteiger partial charge in [-0.3, -0.25) is 4.53 Å². The minimum absolute atomic E-state index is 0.789. The van der Waals surface area contributed by atoms with Crippen molar-refractivity contribution in [1.82, 2.24) is 5.06 Å². The molecule has 1 heterocycles. The molecule has 1 fully saturated rings. The smallest absolute Gasteiger partial charge is 0.416 e. The fourth-order valence-electron chi connectivity index (χ4n) is 2.78. The van der Waals surface area contributed by atoms with Crippen LogP contribution in [0.1, 0.15) is 13.8 Å². The summed E-state index contributed by atoms with van der Waals surface area (Å²) in [6, 6.07) is 0. The minimum Gasteiger partial charge on any atom is -0.416 e. The van der Waals surface area contributed by atoms with E-state index in [1.165, 1.54) is 0 Å². The topological polar surface area (TPSA) is 49.4 Å². The Morgan fingerprint density at radius 2 is 1.00 bits per heavy atom. The second-order valence-corrected chi connectivity index (χ2v) is 20.2. The van der Waals surface area contributed by atoms with Crippen molar-refractivity contribution in [1.29, 1.82) is 0 Å². The van der Waals surface area contributed by atoms with Gasteiger partial charge in [-0.25, -0.2) is 0 Å². The first-order valence-electron chi connectivity index (χ1n) is 7.57. The highest BCUT2D eigenvalue weighted by Crippen LogP contribution is 2.31. The molecule has 1 aliphatic heterocycles. The second-order valence-electron chi connectivity index (χ2n) is 6.68.